The van der Waals surface area contributed by atoms with E-state index in [2.05, 4.69) is 0 Å². The highest BCUT2D eigenvalue weighted by molar-refractivity contribution is 7.89. The maximum absolute atomic E-state index is 14.0. The lowest BCUT2D eigenvalue weighted by molar-refractivity contribution is 0.0854. The summed E-state index contributed by atoms with van der Waals surface area (Å²) in [6, 6.07) is 6.05. The molecule has 2 aromatic rings. The standard InChI is InChI=1S/C16H10F5NO3S/c17-10-11(18)13(20)15(14(21)12(10)19)26(24,25)22(9-6-7-9)16(23)8-4-2-1-3-5-8/h1-5,9H,6-7H2. The lowest BCUT2D eigenvalue weighted by Gasteiger charge is -2.23. The summed E-state index contributed by atoms with van der Waals surface area (Å²) >= 11 is 0. The Balaban J connectivity index is 2.19. The van der Waals surface area contributed by atoms with E-state index in [1.54, 1.807) is 6.07 Å². The summed E-state index contributed by atoms with van der Waals surface area (Å²) < 4.78 is 93.4. The van der Waals surface area contributed by atoms with Gasteiger partial charge < -0.3 is 0 Å². The maximum atomic E-state index is 14.0. The number of carbonyl (C=O) groups excluding carboxylic acids is 1. The molecule has 1 saturated carbocycles. The maximum Gasteiger partial charge on any atom is 0.273 e. The van der Waals surface area contributed by atoms with Gasteiger partial charge in [-0.15, -0.1) is 0 Å². The molecule has 0 aromatic heterocycles. The third kappa shape index (κ3) is 2.83. The molecule has 1 aliphatic rings. The van der Waals surface area contributed by atoms with E-state index in [0.717, 1.165) is 0 Å². The molecule has 0 unspecified atom stereocenters. The van der Waals surface area contributed by atoms with E-state index >= 15 is 0 Å². The van der Waals surface area contributed by atoms with E-state index in [1.807, 2.05) is 0 Å². The molecular formula is C16H10F5NO3S. The topological polar surface area (TPSA) is 54.5 Å². The van der Waals surface area contributed by atoms with Gasteiger partial charge in [0.25, 0.3) is 15.9 Å². The third-order valence-electron chi connectivity index (χ3n) is 3.79. The molecule has 26 heavy (non-hydrogen) atoms. The van der Waals surface area contributed by atoms with Crippen molar-refractivity contribution in [2.45, 2.75) is 23.8 Å². The number of nitrogens with zero attached hydrogens (tertiary/aromatic N) is 1. The first kappa shape index (κ1) is 18.3. The Hall–Kier alpha value is -2.49. The molecule has 0 aliphatic heterocycles. The smallest absolute Gasteiger partial charge is 0.268 e. The van der Waals surface area contributed by atoms with Gasteiger partial charge in [-0.3, -0.25) is 4.79 Å². The fourth-order valence-electron chi connectivity index (χ4n) is 2.40. The fraction of sp³-hybridized carbons (Fsp3) is 0.188. The molecule has 0 saturated heterocycles. The minimum absolute atomic E-state index is 0.105. The Bertz CT molecular complexity index is 962. The van der Waals surface area contributed by atoms with Crippen LogP contribution in [0.1, 0.15) is 23.2 Å². The van der Waals surface area contributed by atoms with Crippen LogP contribution >= 0.6 is 0 Å². The highest BCUT2D eigenvalue weighted by Crippen LogP contribution is 2.36. The molecule has 1 fully saturated rings. The molecule has 0 N–H and O–H groups in total. The number of carbonyl (C=O) groups is 1. The average Bonchev–Trinajstić information content (AvgIpc) is 3.43. The van der Waals surface area contributed by atoms with Gasteiger partial charge in [0.1, 0.15) is 0 Å². The van der Waals surface area contributed by atoms with Gasteiger partial charge in [-0.25, -0.2) is 34.7 Å². The number of halogens is 5. The first-order valence-electron chi connectivity index (χ1n) is 7.33. The van der Waals surface area contributed by atoms with Crippen molar-refractivity contribution in [2.75, 3.05) is 0 Å². The molecule has 1 amide bonds. The Morgan fingerprint density at radius 3 is 1.77 bits per heavy atom. The minimum Gasteiger partial charge on any atom is -0.268 e. The van der Waals surface area contributed by atoms with Crippen molar-refractivity contribution in [2.24, 2.45) is 0 Å². The molecular weight excluding hydrogens is 381 g/mol. The Labute approximate surface area is 144 Å². The molecule has 0 bridgehead atoms. The molecule has 3 rings (SSSR count). The number of sulfonamides is 1. The number of hydrogen-bond acceptors (Lipinski definition) is 3. The number of benzene rings is 2. The first-order chi connectivity index (χ1) is 12.2. The van der Waals surface area contributed by atoms with Crippen molar-refractivity contribution in [3.63, 3.8) is 0 Å². The van der Waals surface area contributed by atoms with Crippen LogP contribution in [0.2, 0.25) is 0 Å². The zero-order valence-corrected chi connectivity index (χ0v) is 13.7. The van der Waals surface area contributed by atoms with E-state index in [0.29, 0.717) is 0 Å². The van der Waals surface area contributed by atoms with E-state index < -0.39 is 56.0 Å². The van der Waals surface area contributed by atoms with Crippen molar-refractivity contribution in [3.8, 4) is 0 Å². The quantitative estimate of drug-likeness (QED) is 0.456. The van der Waals surface area contributed by atoms with E-state index in [9.17, 15) is 35.2 Å². The largest absolute Gasteiger partial charge is 0.273 e. The molecule has 0 atom stereocenters. The molecule has 2 aromatic carbocycles. The van der Waals surface area contributed by atoms with Gasteiger partial charge >= 0.3 is 0 Å². The summed E-state index contributed by atoms with van der Waals surface area (Å²) in [6.45, 7) is 0. The van der Waals surface area contributed by atoms with Gasteiger partial charge in [-0.1, -0.05) is 18.2 Å². The normalized spacial score (nSPS) is 14.3. The number of rotatable bonds is 4. The van der Waals surface area contributed by atoms with Crippen LogP contribution in [0.15, 0.2) is 35.2 Å². The summed E-state index contributed by atoms with van der Waals surface area (Å²) in [6.07, 6.45) is 0.431. The summed E-state index contributed by atoms with van der Waals surface area (Å²) in [4.78, 5) is 10.5. The highest BCUT2D eigenvalue weighted by Gasteiger charge is 2.46. The zero-order valence-electron chi connectivity index (χ0n) is 12.8. The molecule has 0 heterocycles. The van der Waals surface area contributed by atoms with E-state index in [-0.39, 0.29) is 22.7 Å². The van der Waals surface area contributed by atoms with Crippen LogP contribution in [0.25, 0.3) is 0 Å². The van der Waals surface area contributed by atoms with Crippen molar-refractivity contribution in [3.05, 3.63) is 65.0 Å². The number of hydrogen-bond donors (Lipinski definition) is 0. The molecule has 0 spiro atoms. The predicted molar refractivity (Wildman–Crippen MR) is 79.1 cm³/mol. The second kappa shape index (κ2) is 6.35. The van der Waals surface area contributed by atoms with E-state index in [1.165, 1.54) is 24.3 Å². The molecule has 4 nitrogen and oxygen atoms in total. The summed E-state index contributed by atoms with van der Waals surface area (Å²) in [7, 11) is -5.32. The lowest BCUT2D eigenvalue weighted by atomic mass is 10.2. The van der Waals surface area contributed by atoms with Crippen LogP contribution in [0.5, 0.6) is 0 Å². The Morgan fingerprint density at radius 1 is 0.846 bits per heavy atom. The van der Waals surface area contributed by atoms with Gasteiger partial charge in [0.05, 0.1) is 0 Å². The minimum atomic E-state index is -5.32. The second-order valence-electron chi connectivity index (χ2n) is 5.60. The average molecular weight is 391 g/mol. The van der Waals surface area contributed by atoms with Crippen molar-refractivity contribution >= 4 is 15.9 Å². The van der Waals surface area contributed by atoms with Crippen molar-refractivity contribution < 1.29 is 35.2 Å². The lowest BCUT2D eigenvalue weighted by Crippen LogP contribution is -2.40. The van der Waals surface area contributed by atoms with Gasteiger partial charge in [-0.05, 0) is 25.0 Å². The summed E-state index contributed by atoms with van der Waals surface area (Å²) in [5, 5.41) is 0. The third-order valence-corrected chi connectivity index (χ3v) is 5.64. The fourth-order valence-corrected chi connectivity index (χ4v) is 4.15. The monoisotopic (exact) mass is 391 g/mol. The molecule has 0 radical (unpaired) electrons. The van der Waals surface area contributed by atoms with Crippen LogP contribution < -0.4 is 0 Å². The molecule has 138 valence electrons. The van der Waals surface area contributed by atoms with Crippen LogP contribution in [-0.4, -0.2) is 24.7 Å². The number of amides is 1. The highest BCUT2D eigenvalue weighted by atomic mass is 32.2. The Kier molecular flexibility index (Phi) is 4.47. The second-order valence-corrected chi connectivity index (χ2v) is 7.35. The molecule has 1 aliphatic carbocycles. The summed E-state index contributed by atoms with van der Waals surface area (Å²) in [5.41, 5.74) is -0.105. The van der Waals surface area contributed by atoms with E-state index in [4.69, 9.17) is 0 Å². The van der Waals surface area contributed by atoms with Gasteiger partial charge in [0.15, 0.2) is 28.2 Å². The first-order valence-corrected chi connectivity index (χ1v) is 8.77. The SMILES string of the molecule is O=C(c1ccccc1)N(C1CC1)S(=O)(=O)c1c(F)c(F)c(F)c(F)c1F. The summed E-state index contributed by atoms with van der Waals surface area (Å²) in [5.74, 6) is -13.4. The van der Waals surface area contributed by atoms with Crippen LogP contribution in [0.4, 0.5) is 22.0 Å². The van der Waals surface area contributed by atoms with Crippen LogP contribution in [0, 0.1) is 29.1 Å². The zero-order chi connectivity index (χ0) is 19.2. The Morgan fingerprint density at radius 2 is 1.31 bits per heavy atom. The van der Waals surface area contributed by atoms with Gasteiger partial charge in [0.2, 0.25) is 5.82 Å². The molecule has 10 heteroatoms. The van der Waals surface area contributed by atoms with Gasteiger partial charge in [-0.2, -0.15) is 0 Å². The van der Waals surface area contributed by atoms with Crippen LogP contribution in [-0.2, 0) is 10.0 Å². The van der Waals surface area contributed by atoms with Crippen molar-refractivity contribution in [1.82, 2.24) is 4.31 Å². The van der Waals surface area contributed by atoms with Crippen LogP contribution in [0.3, 0.4) is 0 Å². The predicted octanol–water partition coefficient (Wildman–Crippen LogP) is 3.38. The van der Waals surface area contributed by atoms with Gasteiger partial charge in [0, 0.05) is 11.6 Å². The van der Waals surface area contributed by atoms with Crippen molar-refractivity contribution in [1.29, 1.82) is 0 Å².